The van der Waals surface area contributed by atoms with E-state index in [9.17, 15) is 22.0 Å². The number of hydrogen-bond donors (Lipinski definition) is 1. The number of oxazole rings is 1. The van der Waals surface area contributed by atoms with Gasteiger partial charge in [-0.2, -0.15) is 0 Å². The molecular formula is C10H5F5N2O. The van der Waals surface area contributed by atoms with Gasteiger partial charge in [-0.1, -0.05) is 0 Å². The number of benzene rings is 1. The molecule has 0 radical (unpaired) electrons. The first-order valence-electron chi connectivity index (χ1n) is 4.65. The van der Waals surface area contributed by atoms with E-state index in [-0.39, 0.29) is 12.3 Å². The number of nitrogens with one attached hydrogen (secondary N) is 1. The van der Waals surface area contributed by atoms with Crippen LogP contribution in [0.1, 0.15) is 5.76 Å². The molecule has 2 aromatic rings. The van der Waals surface area contributed by atoms with Crippen molar-refractivity contribution in [2.45, 2.75) is 6.54 Å². The molecule has 0 saturated heterocycles. The van der Waals surface area contributed by atoms with Gasteiger partial charge in [-0.3, -0.25) is 0 Å². The lowest BCUT2D eigenvalue weighted by molar-refractivity contribution is 0.381. The van der Waals surface area contributed by atoms with Gasteiger partial charge in [0, 0.05) is 0 Å². The highest BCUT2D eigenvalue weighted by Crippen LogP contribution is 2.27. The van der Waals surface area contributed by atoms with E-state index in [4.69, 9.17) is 4.42 Å². The zero-order valence-electron chi connectivity index (χ0n) is 8.61. The minimum absolute atomic E-state index is 0.180. The first kappa shape index (κ1) is 12.3. The van der Waals surface area contributed by atoms with Crippen molar-refractivity contribution in [2.75, 3.05) is 5.32 Å². The SMILES string of the molecule is Fc1c(F)c(F)c(NCc2cnco2)c(F)c1F. The monoisotopic (exact) mass is 264 g/mol. The van der Waals surface area contributed by atoms with Crippen molar-refractivity contribution in [1.82, 2.24) is 4.98 Å². The summed E-state index contributed by atoms with van der Waals surface area (Å²) in [6.07, 6.45) is 2.30. The van der Waals surface area contributed by atoms with E-state index in [2.05, 4.69) is 10.3 Å². The lowest BCUT2D eigenvalue weighted by atomic mass is 10.2. The summed E-state index contributed by atoms with van der Waals surface area (Å²) in [6.45, 7) is -0.266. The van der Waals surface area contributed by atoms with E-state index < -0.39 is 34.8 Å². The van der Waals surface area contributed by atoms with Gasteiger partial charge in [-0.25, -0.2) is 26.9 Å². The average Bonchev–Trinajstić information content (AvgIpc) is 2.87. The molecule has 1 heterocycles. The van der Waals surface area contributed by atoms with Gasteiger partial charge < -0.3 is 9.73 Å². The Hall–Kier alpha value is -2.12. The molecule has 0 bridgehead atoms. The maximum absolute atomic E-state index is 13.2. The third-order valence-electron chi connectivity index (χ3n) is 2.13. The van der Waals surface area contributed by atoms with Gasteiger partial charge in [-0.05, 0) is 0 Å². The van der Waals surface area contributed by atoms with Crippen LogP contribution in [0.25, 0.3) is 0 Å². The molecule has 0 spiro atoms. The topological polar surface area (TPSA) is 38.1 Å². The number of rotatable bonds is 3. The van der Waals surface area contributed by atoms with Crippen LogP contribution in [0.3, 0.4) is 0 Å². The number of anilines is 1. The third kappa shape index (κ3) is 2.01. The van der Waals surface area contributed by atoms with Crippen molar-refractivity contribution in [2.24, 2.45) is 0 Å². The van der Waals surface area contributed by atoms with Crippen molar-refractivity contribution in [3.63, 3.8) is 0 Å². The zero-order chi connectivity index (χ0) is 13.3. The van der Waals surface area contributed by atoms with E-state index in [1.54, 1.807) is 0 Å². The van der Waals surface area contributed by atoms with E-state index in [0.29, 0.717) is 0 Å². The smallest absolute Gasteiger partial charge is 0.200 e. The summed E-state index contributed by atoms with van der Waals surface area (Å²) >= 11 is 0. The molecule has 0 aliphatic carbocycles. The van der Waals surface area contributed by atoms with Crippen LogP contribution >= 0.6 is 0 Å². The fourth-order valence-corrected chi connectivity index (χ4v) is 1.27. The molecule has 0 fully saturated rings. The largest absolute Gasteiger partial charge is 0.447 e. The molecule has 0 atom stereocenters. The Bertz CT molecular complexity index is 541. The maximum atomic E-state index is 13.2. The molecule has 0 amide bonds. The van der Waals surface area contributed by atoms with Crippen molar-refractivity contribution in [3.05, 3.63) is 47.4 Å². The molecule has 1 N–H and O–H groups in total. The van der Waals surface area contributed by atoms with Crippen LogP contribution in [-0.4, -0.2) is 4.98 Å². The molecule has 8 heteroatoms. The fourth-order valence-electron chi connectivity index (χ4n) is 1.27. The molecule has 0 aliphatic heterocycles. The molecule has 0 saturated carbocycles. The van der Waals surface area contributed by atoms with Crippen molar-refractivity contribution >= 4 is 5.69 Å². The van der Waals surface area contributed by atoms with Crippen LogP contribution in [-0.2, 0) is 6.54 Å². The number of hydrogen-bond acceptors (Lipinski definition) is 3. The minimum atomic E-state index is -2.20. The van der Waals surface area contributed by atoms with E-state index in [0.717, 1.165) is 6.39 Å². The molecular weight excluding hydrogens is 259 g/mol. The second kappa shape index (κ2) is 4.63. The number of aromatic nitrogens is 1. The van der Waals surface area contributed by atoms with Gasteiger partial charge in [0.25, 0.3) is 0 Å². The summed E-state index contributed by atoms with van der Waals surface area (Å²) in [7, 11) is 0. The van der Waals surface area contributed by atoms with Crippen LogP contribution in [0.2, 0.25) is 0 Å². The van der Waals surface area contributed by atoms with E-state index in [1.165, 1.54) is 6.20 Å². The summed E-state index contributed by atoms with van der Waals surface area (Å²) < 4.78 is 69.5. The molecule has 0 aliphatic rings. The molecule has 2 rings (SSSR count). The molecule has 3 nitrogen and oxygen atoms in total. The van der Waals surface area contributed by atoms with Crippen LogP contribution in [0, 0.1) is 29.1 Å². The Balaban J connectivity index is 2.33. The summed E-state index contributed by atoms with van der Waals surface area (Å²) in [6, 6.07) is 0. The zero-order valence-corrected chi connectivity index (χ0v) is 8.61. The average molecular weight is 264 g/mol. The van der Waals surface area contributed by atoms with Gasteiger partial charge in [0.2, 0.25) is 5.82 Å². The molecule has 0 unspecified atom stereocenters. The predicted molar refractivity (Wildman–Crippen MR) is 50.1 cm³/mol. The lowest BCUT2D eigenvalue weighted by Gasteiger charge is -2.09. The van der Waals surface area contributed by atoms with E-state index >= 15 is 0 Å². The summed E-state index contributed by atoms with van der Waals surface area (Å²) in [5.74, 6) is -9.88. The summed E-state index contributed by atoms with van der Waals surface area (Å²) in [5, 5.41) is 2.06. The Kier molecular flexibility index (Phi) is 3.17. The Morgan fingerprint density at radius 3 is 2.00 bits per heavy atom. The first-order chi connectivity index (χ1) is 8.52. The van der Waals surface area contributed by atoms with Gasteiger partial charge in [0.1, 0.15) is 11.4 Å². The van der Waals surface area contributed by atoms with Gasteiger partial charge >= 0.3 is 0 Å². The summed E-state index contributed by atoms with van der Waals surface area (Å²) in [4.78, 5) is 3.53. The molecule has 96 valence electrons. The summed E-state index contributed by atoms with van der Waals surface area (Å²) in [5.41, 5.74) is -1.11. The Morgan fingerprint density at radius 1 is 0.944 bits per heavy atom. The molecule has 1 aromatic carbocycles. The maximum Gasteiger partial charge on any atom is 0.200 e. The highest BCUT2D eigenvalue weighted by molar-refractivity contribution is 5.47. The van der Waals surface area contributed by atoms with Crippen LogP contribution in [0.5, 0.6) is 0 Å². The van der Waals surface area contributed by atoms with Crippen LogP contribution in [0.15, 0.2) is 17.0 Å². The van der Waals surface area contributed by atoms with Gasteiger partial charge in [0.15, 0.2) is 29.7 Å². The predicted octanol–water partition coefficient (Wildman–Crippen LogP) is 2.98. The Morgan fingerprint density at radius 2 is 1.50 bits per heavy atom. The number of nitrogens with zero attached hydrogens (tertiary/aromatic N) is 1. The standard InChI is InChI=1S/C10H5F5N2O/c11-5-6(12)8(14)10(9(15)7(5)13)17-2-4-1-16-3-18-4/h1,3,17H,2H2. The molecule has 1 aromatic heterocycles. The number of halogens is 5. The Labute approximate surface area is 97.2 Å². The quantitative estimate of drug-likeness (QED) is 0.526. The fraction of sp³-hybridized carbons (Fsp3) is 0.100. The van der Waals surface area contributed by atoms with E-state index in [1.807, 2.05) is 0 Å². The highest BCUT2D eigenvalue weighted by Gasteiger charge is 2.25. The first-order valence-corrected chi connectivity index (χ1v) is 4.65. The van der Waals surface area contributed by atoms with Crippen LogP contribution < -0.4 is 5.32 Å². The highest BCUT2D eigenvalue weighted by atomic mass is 19.2. The van der Waals surface area contributed by atoms with Crippen molar-refractivity contribution in [1.29, 1.82) is 0 Å². The van der Waals surface area contributed by atoms with Crippen molar-refractivity contribution < 1.29 is 26.4 Å². The second-order valence-corrected chi connectivity index (χ2v) is 3.27. The van der Waals surface area contributed by atoms with Crippen LogP contribution in [0.4, 0.5) is 27.6 Å². The van der Waals surface area contributed by atoms with Gasteiger partial charge in [-0.15, -0.1) is 0 Å². The lowest BCUT2D eigenvalue weighted by Crippen LogP contribution is -2.09. The third-order valence-corrected chi connectivity index (χ3v) is 2.13. The molecule has 18 heavy (non-hydrogen) atoms. The van der Waals surface area contributed by atoms with Gasteiger partial charge in [0.05, 0.1) is 12.7 Å². The second-order valence-electron chi connectivity index (χ2n) is 3.27. The normalized spacial score (nSPS) is 10.7. The minimum Gasteiger partial charge on any atom is -0.447 e. The van der Waals surface area contributed by atoms with Crippen molar-refractivity contribution in [3.8, 4) is 0 Å².